The first-order valence-corrected chi connectivity index (χ1v) is 7.35. The molecule has 1 aromatic rings. The molecule has 0 spiro atoms. The van der Waals surface area contributed by atoms with Crippen molar-refractivity contribution in [3.63, 3.8) is 0 Å². The lowest BCUT2D eigenvalue weighted by molar-refractivity contribution is 0.0918. The third-order valence-corrected chi connectivity index (χ3v) is 4.12. The van der Waals surface area contributed by atoms with Gasteiger partial charge < -0.3 is 5.32 Å². The van der Waals surface area contributed by atoms with Crippen LogP contribution >= 0.6 is 23.2 Å². The number of hydrogen-bond donors (Lipinski definition) is 1. The molecule has 1 fully saturated rings. The first kappa shape index (κ1) is 14.5. The Bertz CT molecular complexity index is 467. The van der Waals surface area contributed by atoms with Gasteiger partial charge in [0.2, 0.25) is 0 Å². The molecule has 1 heterocycles. The van der Waals surface area contributed by atoms with Gasteiger partial charge in [-0.05, 0) is 24.8 Å². The molecule has 4 nitrogen and oxygen atoms in total. The van der Waals surface area contributed by atoms with E-state index >= 15 is 0 Å². The molecule has 2 atom stereocenters. The fourth-order valence-corrected chi connectivity index (χ4v) is 2.89. The van der Waals surface area contributed by atoms with Crippen LogP contribution in [-0.4, -0.2) is 22.1 Å². The molecule has 0 aromatic carbocycles. The molecule has 0 aliphatic heterocycles. The van der Waals surface area contributed by atoms with E-state index in [-0.39, 0.29) is 22.3 Å². The average molecular weight is 302 g/mol. The van der Waals surface area contributed by atoms with Crippen molar-refractivity contribution in [3.8, 4) is 0 Å². The van der Waals surface area contributed by atoms with E-state index in [1.54, 1.807) is 0 Å². The van der Waals surface area contributed by atoms with E-state index in [0.29, 0.717) is 11.5 Å². The van der Waals surface area contributed by atoms with E-state index in [1.807, 2.05) is 0 Å². The van der Waals surface area contributed by atoms with Crippen molar-refractivity contribution in [3.05, 3.63) is 21.9 Å². The van der Waals surface area contributed by atoms with Crippen LogP contribution in [0.3, 0.4) is 0 Å². The Kier molecular flexibility index (Phi) is 4.99. The summed E-state index contributed by atoms with van der Waals surface area (Å²) in [5.41, 5.74) is 0.292. The molecule has 1 aromatic heterocycles. The maximum Gasteiger partial charge on any atom is 0.254 e. The Morgan fingerprint density at radius 3 is 2.95 bits per heavy atom. The lowest BCUT2D eigenvalue weighted by atomic mass is 9.84. The molecule has 2 unspecified atom stereocenters. The van der Waals surface area contributed by atoms with Crippen molar-refractivity contribution in [1.29, 1.82) is 0 Å². The van der Waals surface area contributed by atoms with Crippen LogP contribution < -0.4 is 5.32 Å². The molecule has 2 rings (SSSR count). The second-order valence-corrected chi connectivity index (χ2v) is 5.73. The third-order valence-electron chi connectivity index (χ3n) is 3.66. The zero-order valence-electron chi connectivity index (χ0n) is 10.8. The minimum absolute atomic E-state index is 0.0877. The zero-order chi connectivity index (χ0) is 13.8. The Morgan fingerprint density at radius 2 is 2.21 bits per heavy atom. The van der Waals surface area contributed by atoms with Crippen LogP contribution in [0.2, 0.25) is 10.3 Å². The van der Waals surface area contributed by atoms with Crippen molar-refractivity contribution in [2.45, 2.75) is 45.1 Å². The van der Waals surface area contributed by atoms with Crippen LogP contribution in [0.1, 0.15) is 49.4 Å². The van der Waals surface area contributed by atoms with Gasteiger partial charge in [0.05, 0.1) is 5.56 Å². The summed E-state index contributed by atoms with van der Waals surface area (Å²) in [4.78, 5) is 12.2. The van der Waals surface area contributed by atoms with Gasteiger partial charge >= 0.3 is 0 Å². The summed E-state index contributed by atoms with van der Waals surface area (Å²) < 4.78 is 0. The number of nitrogens with one attached hydrogen (secondary N) is 1. The van der Waals surface area contributed by atoms with Crippen LogP contribution in [0.5, 0.6) is 0 Å². The average Bonchev–Trinajstić information content (AvgIpc) is 2.41. The molecule has 0 saturated heterocycles. The minimum Gasteiger partial charge on any atom is -0.349 e. The van der Waals surface area contributed by atoms with E-state index < -0.39 is 0 Å². The number of carbonyl (C=O) groups excluding carboxylic acids is 1. The molecule has 1 N–H and O–H groups in total. The molecular formula is C13H17Cl2N3O. The first-order valence-electron chi connectivity index (χ1n) is 6.59. The van der Waals surface area contributed by atoms with Gasteiger partial charge in [-0.2, -0.15) is 0 Å². The van der Waals surface area contributed by atoms with Crippen molar-refractivity contribution < 1.29 is 4.79 Å². The van der Waals surface area contributed by atoms with Crippen LogP contribution in [0, 0.1) is 5.92 Å². The molecule has 1 aliphatic carbocycles. The van der Waals surface area contributed by atoms with E-state index in [9.17, 15) is 4.79 Å². The molecule has 19 heavy (non-hydrogen) atoms. The lowest BCUT2D eigenvalue weighted by Gasteiger charge is -2.29. The van der Waals surface area contributed by atoms with Crippen molar-refractivity contribution in [2.24, 2.45) is 5.92 Å². The Labute approximate surface area is 122 Å². The van der Waals surface area contributed by atoms with Crippen LogP contribution in [-0.2, 0) is 0 Å². The molecular weight excluding hydrogens is 285 g/mol. The summed E-state index contributed by atoms with van der Waals surface area (Å²) in [6, 6.07) is 1.67. The van der Waals surface area contributed by atoms with Gasteiger partial charge in [0.15, 0.2) is 10.3 Å². The molecule has 1 saturated carbocycles. The Morgan fingerprint density at radius 1 is 1.42 bits per heavy atom. The lowest BCUT2D eigenvalue weighted by Crippen LogP contribution is -2.38. The van der Waals surface area contributed by atoms with Gasteiger partial charge in [0.25, 0.3) is 5.91 Å². The molecule has 1 aliphatic rings. The number of nitrogens with zero attached hydrogens (tertiary/aromatic N) is 2. The zero-order valence-corrected chi connectivity index (χ0v) is 12.3. The fraction of sp³-hybridized carbons (Fsp3) is 0.615. The fourth-order valence-electron chi connectivity index (χ4n) is 2.57. The number of rotatable bonds is 3. The van der Waals surface area contributed by atoms with Gasteiger partial charge in [-0.25, -0.2) is 0 Å². The van der Waals surface area contributed by atoms with E-state index in [2.05, 4.69) is 22.4 Å². The molecule has 0 radical (unpaired) electrons. The monoisotopic (exact) mass is 301 g/mol. The van der Waals surface area contributed by atoms with Gasteiger partial charge in [-0.3, -0.25) is 4.79 Å². The molecule has 0 bridgehead atoms. The number of hydrogen-bond acceptors (Lipinski definition) is 3. The molecule has 1 amide bonds. The minimum atomic E-state index is -0.219. The van der Waals surface area contributed by atoms with E-state index in [4.69, 9.17) is 23.2 Å². The normalized spacial score (nSPS) is 23.1. The highest BCUT2D eigenvalue weighted by Crippen LogP contribution is 2.27. The van der Waals surface area contributed by atoms with Gasteiger partial charge in [0.1, 0.15) is 0 Å². The van der Waals surface area contributed by atoms with Crippen molar-refractivity contribution >= 4 is 29.1 Å². The van der Waals surface area contributed by atoms with Crippen molar-refractivity contribution in [1.82, 2.24) is 15.5 Å². The predicted octanol–water partition coefficient (Wildman–Crippen LogP) is 3.48. The predicted molar refractivity (Wildman–Crippen MR) is 75.6 cm³/mol. The van der Waals surface area contributed by atoms with E-state index in [1.165, 1.54) is 12.5 Å². The number of amides is 1. The summed E-state index contributed by atoms with van der Waals surface area (Å²) >= 11 is 11.6. The number of carbonyl (C=O) groups is 1. The van der Waals surface area contributed by atoms with E-state index in [0.717, 1.165) is 25.7 Å². The highest BCUT2D eigenvalue weighted by Gasteiger charge is 2.23. The number of halogens is 2. The topological polar surface area (TPSA) is 54.9 Å². The maximum atomic E-state index is 12.2. The van der Waals surface area contributed by atoms with Crippen molar-refractivity contribution in [2.75, 3.05) is 0 Å². The first-order chi connectivity index (χ1) is 9.10. The van der Waals surface area contributed by atoms with Crippen LogP contribution in [0.4, 0.5) is 0 Å². The summed E-state index contributed by atoms with van der Waals surface area (Å²) in [6.45, 7) is 2.19. The SMILES string of the molecule is CCC1CCCC(NC(=O)c2cc(Cl)nnc2Cl)C1. The largest absolute Gasteiger partial charge is 0.349 e. The second kappa shape index (κ2) is 6.53. The Balaban J connectivity index is 2.02. The molecule has 6 heteroatoms. The molecule has 104 valence electrons. The summed E-state index contributed by atoms with van der Waals surface area (Å²) in [5.74, 6) is 0.484. The van der Waals surface area contributed by atoms with Crippen LogP contribution in [0.25, 0.3) is 0 Å². The summed E-state index contributed by atoms with van der Waals surface area (Å²) in [5, 5.41) is 10.5. The quantitative estimate of drug-likeness (QED) is 0.930. The highest BCUT2D eigenvalue weighted by molar-refractivity contribution is 6.34. The summed E-state index contributed by atoms with van der Waals surface area (Å²) in [7, 11) is 0. The third kappa shape index (κ3) is 3.80. The van der Waals surface area contributed by atoms with Gasteiger partial charge in [0, 0.05) is 6.04 Å². The van der Waals surface area contributed by atoms with Crippen LogP contribution in [0.15, 0.2) is 6.07 Å². The second-order valence-electron chi connectivity index (χ2n) is 4.98. The maximum absolute atomic E-state index is 12.2. The smallest absolute Gasteiger partial charge is 0.254 e. The standard InChI is InChI=1S/C13H17Cl2N3O/c1-2-8-4-3-5-9(6-8)16-13(19)10-7-11(14)17-18-12(10)15/h7-9H,2-6H2,1H3,(H,16,19). The highest BCUT2D eigenvalue weighted by atomic mass is 35.5. The Hall–Kier alpha value is -0.870. The van der Waals surface area contributed by atoms with Gasteiger partial charge in [-0.1, -0.05) is 49.4 Å². The summed E-state index contributed by atoms with van der Waals surface area (Å²) in [6.07, 6.45) is 5.63. The number of aromatic nitrogens is 2. The van der Waals surface area contributed by atoms with Gasteiger partial charge in [-0.15, -0.1) is 10.2 Å².